The van der Waals surface area contributed by atoms with Crippen molar-refractivity contribution < 1.29 is 18.7 Å². The molecule has 0 aliphatic rings. The van der Waals surface area contributed by atoms with E-state index in [0.717, 1.165) is 5.56 Å². The Morgan fingerprint density at radius 1 is 1.12 bits per heavy atom. The van der Waals surface area contributed by atoms with Crippen LogP contribution in [0.15, 0.2) is 52.9 Å². The Morgan fingerprint density at radius 3 is 2.58 bits per heavy atom. The summed E-state index contributed by atoms with van der Waals surface area (Å²) in [5.41, 5.74) is 2.19. The highest BCUT2D eigenvalue weighted by Crippen LogP contribution is 2.30. The Balaban J connectivity index is 1.87. The normalized spacial score (nSPS) is 11.0. The minimum atomic E-state index is -0.374. The lowest BCUT2D eigenvalue weighted by atomic mass is 10.1. The molecule has 0 spiro atoms. The molecule has 4 heteroatoms. The summed E-state index contributed by atoms with van der Waals surface area (Å²) in [6.45, 7) is 5.88. The van der Waals surface area contributed by atoms with E-state index >= 15 is 0 Å². The number of carbonyl (C=O) groups is 1. The molecule has 3 aromatic rings. The highest BCUT2D eigenvalue weighted by atomic mass is 16.5. The fourth-order valence-corrected chi connectivity index (χ4v) is 2.56. The van der Waals surface area contributed by atoms with Gasteiger partial charge in [0.1, 0.15) is 29.3 Å². The van der Waals surface area contributed by atoms with Gasteiger partial charge in [-0.25, -0.2) is 4.79 Å². The van der Waals surface area contributed by atoms with E-state index in [-0.39, 0.29) is 12.1 Å². The third-order valence-electron chi connectivity index (χ3n) is 3.63. The molecule has 0 fully saturated rings. The van der Waals surface area contributed by atoms with E-state index in [9.17, 15) is 4.79 Å². The third-order valence-corrected chi connectivity index (χ3v) is 3.63. The van der Waals surface area contributed by atoms with Crippen molar-refractivity contribution in [2.75, 3.05) is 0 Å². The van der Waals surface area contributed by atoms with Crippen molar-refractivity contribution in [1.82, 2.24) is 0 Å². The quantitative estimate of drug-likeness (QED) is 0.627. The summed E-state index contributed by atoms with van der Waals surface area (Å²) in [5, 5.41) is 0.712. The monoisotopic (exact) mass is 324 g/mol. The van der Waals surface area contributed by atoms with Crippen LogP contribution in [-0.4, -0.2) is 12.1 Å². The van der Waals surface area contributed by atoms with E-state index in [0.29, 0.717) is 34.6 Å². The number of hydrogen-bond acceptors (Lipinski definition) is 4. The zero-order chi connectivity index (χ0) is 17.1. The largest absolute Gasteiger partial charge is 0.489 e. The first-order chi connectivity index (χ1) is 11.5. The first kappa shape index (κ1) is 16.1. The van der Waals surface area contributed by atoms with Gasteiger partial charge < -0.3 is 13.9 Å². The number of furan rings is 1. The smallest absolute Gasteiger partial charge is 0.342 e. The molecule has 24 heavy (non-hydrogen) atoms. The van der Waals surface area contributed by atoms with Gasteiger partial charge in [0.15, 0.2) is 0 Å². The maximum absolute atomic E-state index is 12.3. The molecular weight excluding hydrogens is 304 g/mol. The van der Waals surface area contributed by atoms with Gasteiger partial charge in [-0.05, 0) is 44.5 Å². The maximum Gasteiger partial charge on any atom is 0.342 e. The Hall–Kier alpha value is -2.75. The lowest BCUT2D eigenvalue weighted by molar-refractivity contribution is 0.0378. The molecule has 2 aromatic carbocycles. The number of rotatable bonds is 5. The van der Waals surface area contributed by atoms with Gasteiger partial charge in [-0.3, -0.25) is 0 Å². The zero-order valence-corrected chi connectivity index (χ0v) is 14.0. The number of hydrogen-bond donors (Lipinski definition) is 0. The molecular formula is C20H20O4. The minimum absolute atomic E-state index is 0.181. The molecule has 0 N–H and O–H groups in total. The SMILES string of the molecule is Cc1oc2ccc(OCc3ccccc3)cc2c1C(=O)OC(C)C. The van der Waals surface area contributed by atoms with Crippen LogP contribution >= 0.6 is 0 Å². The van der Waals surface area contributed by atoms with Crippen molar-refractivity contribution in [1.29, 1.82) is 0 Å². The molecule has 0 amide bonds. The van der Waals surface area contributed by atoms with Crippen molar-refractivity contribution >= 4 is 16.9 Å². The summed E-state index contributed by atoms with van der Waals surface area (Å²) in [5.74, 6) is 0.864. The second kappa shape index (κ2) is 6.79. The summed E-state index contributed by atoms with van der Waals surface area (Å²) in [4.78, 5) is 12.3. The van der Waals surface area contributed by atoms with Crippen LogP contribution < -0.4 is 4.74 Å². The first-order valence-corrected chi connectivity index (χ1v) is 7.95. The van der Waals surface area contributed by atoms with E-state index in [1.165, 1.54) is 0 Å². The number of fused-ring (bicyclic) bond motifs is 1. The summed E-state index contributed by atoms with van der Waals surface area (Å²) in [6.07, 6.45) is -0.181. The number of aryl methyl sites for hydroxylation is 1. The van der Waals surface area contributed by atoms with Crippen molar-refractivity contribution in [2.45, 2.75) is 33.5 Å². The predicted molar refractivity (Wildman–Crippen MR) is 92.3 cm³/mol. The molecule has 0 atom stereocenters. The second-order valence-electron chi connectivity index (χ2n) is 5.92. The number of ether oxygens (including phenoxy) is 2. The average molecular weight is 324 g/mol. The molecule has 0 unspecified atom stereocenters. The molecule has 0 aliphatic carbocycles. The second-order valence-corrected chi connectivity index (χ2v) is 5.92. The Labute approximate surface area is 141 Å². The van der Waals surface area contributed by atoms with Crippen molar-refractivity contribution in [3.05, 3.63) is 65.4 Å². The highest BCUT2D eigenvalue weighted by molar-refractivity contribution is 6.04. The summed E-state index contributed by atoms with van der Waals surface area (Å²) < 4.78 is 16.8. The molecule has 124 valence electrons. The highest BCUT2D eigenvalue weighted by Gasteiger charge is 2.21. The van der Waals surface area contributed by atoms with Gasteiger partial charge in [-0.2, -0.15) is 0 Å². The van der Waals surface area contributed by atoms with Gasteiger partial charge in [0, 0.05) is 5.39 Å². The van der Waals surface area contributed by atoms with Gasteiger partial charge in [0.05, 0.1) is 6.10 Å². The van der Waals surface area contributed by atoms with Crippen molar-refractivity contribution in [3.8, 4) is 5.75 Å². The van der Waals surface area contributed by atoms with E-state index in [4.69, 9.17) is 13.9 Å². The lowest BCUT2D eigenvalue weighted by Gasteiger charge is -2.08. The van der Waals surface area contributed by atoms with E-state index in [1.807, 2.05) is 62.4 Å². The Kier molecular flexibility index (Phi) is 4.56. The molecule has 1 aromatic heterocycles. The molecule has 4 nitrogen and oxygen atoms in total. The molecule has 1 heterocycles. The fourth-order valence-electron chi connectivity index (χ4n) is 2.56. The number of esters is 1. The van der Waals surface area contributed by atoms with Gasteiger partial charge >= 0.3 is 5.97 Å². The first-order valence-electron chi connectivity index (χ1n) is 7.95. The standard InChI is InChI=1S/C20H20O4/c1-13(2)23-20(21)19-14(3)24-18-10-9-16(11-17(18)19)22-12-15-7-5-4-6-8-15/h4-11,13H,12H2,1-3H3. The third kappa shape index (κ3) is 3.43. The van der Waals surface area contributed by atoms with Crippen LogP contribution in [0.3, 0.4) is 0 Å². The summed E-state index contributed by atoms with van der Waals surface area (Å²) in [7, 11) is 0. The minimum Gasteiger partial charge on any atom is -0.489 e. The van der Waals surface area contributed by atoms with Crippen LogP contribution in [0, 0.1) is 6.92 Å². The summed E-state index contributed by atoms with van der Waals surface area (Å²) in [6, 6.07) is 15.4. The van der Waals surface area contributed by atoms with E-state index < -0.39 is 0 Å². The van der Waals surface area contributed by atoms with Crippen LogP contribution in [0.2, 0.25) is 0 Å². The Bertz CT molecular complexity index is 847. The van der Waals surface area contributed by atoms with Crippen molar-refractivity contribution in [2.24, 2.45) is 0 Å². The zero-order valence-electron chi connectivity index (χ0n) is 14.0. The van der Waals surface area contributed by atoms with E-state index in [2.05, 4.69) is 0 Å². The van der Waals surface area contributed by atoms with Crippen molar-refractivity contribution in [3.63, 3.8) is 0 Å². The van der Waals surface area contributed by atoms with Crippen LogP contribution in [-0.2, 0) is 11.3 Å². The maximum atomic E-state index is 12.3. The Morgan fingerprint density at radius 2 is 1.88 bits per heavy atom. The van der Waals surface area contributed by atoms with Crippen LogP contribution in [0.4, 0.5) is 0 Å². The molecule has 0 radical (unpaired) electrons. The lowest BCUT2D eigenvalue weighted by Crippen LogP contribution is -2.12. The molecule has 3 rings (SSSR count). The molecule has 0 saturated carbocycles. The molecule has 0 saturated heterocycles. The van der Waals surface area contributed by atoms with Gasteiger partial charge in [0.2, 0.25) is 0 Å². The fraction of sp³-hybridized carbons (Fsp3) is 0.250. The van der Waals surface area contributed by atoms with Gasteiger partial charge in [-0.1, -0.05) is 30.3 Å². The predicted octanol–water partition coefficient (Wildman–Crippen LogP) is 4.89. The van der Waals surface area contributed by atoms with Gasteiger partial charge in [0.25, 0.3) is 0 Å². The summed E-state index contributed by atoms with van der Waals surface area (Å²) >= 11 is 0. The van der Waals surface area contributed by atoms with Gasteiger partial charge in [-0.15, -0.1) is 0 Å². The number of benzene rings is 2. The topological polar surface area (TPSA) is 48.7 Å². The van der Waals surface area contributed by atoms with Crippen LogP contribution in [0.25, 0.3) is 11.0 Å². The van der Waals surface area contributed by atoms with Crippen LogP contribution in [0.1, 0.15) is 35.5 Å². The number of carbonyl (C=O) groups excluding carboxylic acids is 1. The average Bonchev–Trinajstić information content (AvgIpc) is 2.88. The van der Waals surface area contributed by atoms with E-state index in [1.54, 1.807) is 6.92 Å². The molecule has 0 bridgehead atoms. The van der Waals surface area contributed by atoms with Crippen LogP contribution in [0.5, 0.6) is 5.75 Å². The molecule has 0 aliphatic heterocycles.